The lowest BCUT2D eigenvalue weighted by molar-refractivity contribution is 1.07. The number of hydrogen-bond donors (Lipinski definition) is 0. The molecule has 1 aliphatic rings. The number of nitrogens with zero attached hydrogens (tertiary/aromatic N) is 2. The van der Waals surface area contributed by atoms with E-state index in [4.69, 9.17) is 0 Å². The van der Waals surface area contributed by atoms with Gasteiger partial charge in [0.2, 0.25) is 0 Å². The van der Waals surface area contributed by atoms with Crippen LogP contribution >= 0.6 is 0 Å². The van der Waals surface area contributed by atoms with Crippen LogP contribution in [0.2, 0.25) is 0 Å². The molecule has 0 saturated heterocycles. The van der Waals surface area contributed by atoms with Crippen LogP contribution in [0.5, 0.6) is 0 Å². The van der Waals surface area contributed by atoms with Gasteiger partial charge >= 0.3 is 0 Å². The maximum atomic E-state index is 4.43. The number of fused-ring (bicyclic) bond motifs is 1. The van der Waals surface area contributed by atoms with E-state index in [1.165, 1.54) is 16.7 Å². The zero-order valence-corrected chi connectivity index (χ0v) is 9.07. The summed E-state index contributed by atoms with van der Waals surface area (Å²) in [6.07, 6.45) is 7.73. The van der Waals surface area contributed by atoms with Crippen LogP contribution in [0.4, 0.5) is 5.69 Å². The number of hydrogen-bond acceptors (Lipinski definition) is 2. The molecule has 2 heteroatoms. The monoisotopic (exact) mass is 198 g/mol. The Bertz CT molecular complexity index is 454. The molecule has 0 bridgehead atoms. The van der Waals surface area contributed by atoms with E-state index in [9.17, 15) is 0 Å². The van der Waals surface area contributed by atoms with E-state index in [-0.39, 0.29) is 0 Å². The molecule has 1 aromatic carbocycles. The van der Waals surface area contributed by atoms with Gasteiger partial charge in [0.15, 0.2) is 0 Å². The summed E-state index contributed by atoms with van der Waals surface area (Å²) >= 11 is 0. The second-order valence-electron chi connectivity index (χ2n) is 3.54. The summed E-state index contributed by atoms with van der Waals surface area (Å²) in [5, 5.41) is 0. The summed E-state index contributed by atoms with van der Waals surface area (Å²) in [6.45, 7) is 4.74. The zero-order valence-electron chi connectivity index (χ0n) is 9.07. The Morgan fingerprint density at radius 1 is 1.40 bits per heavy atom. The second-order valence-corrected chi connectivity index (χ2v) is 3.54. The molecular weight excluding hydrogens is 184 g/mol. The van der Waals surface area contributed by atoms with Crippen molar-refractivity contribution in [2.24, 2.45) is 9.98 Å². The van der Waals surface area contributed by atoms with Gasteiger partial charge in [0.05, 0.1) is 12.2 Å². The Balaban J connectivity index is 2.63. The number of aliphatic imine (C=N–C) groups is 2. The van der Waals surface area contributed by atoms with Gasteiger partial charge in [-0.1, -0.05) is 18.2 Å². The lowest BCUT2D eigenvalue weighted by Crippen LogP contribution is -1.90. The van der Waals surface area contributed by atoms with Crippen LogP contribution in [0.15, 0.2) is 28.2 Å². The third kappa shape index (κ3) is 1.89. The molecule has 0 N–H and O–H groups in total. The van der Waals surface area contributed by atoms with Crippen molar-refractivity contribution in [3.63, 3.8) is 0 Å². The van der Waals surface area contributed by atoms with Gasteiger partial charge in [-0.05, 0) is 31.1 Å². The van der Waals surface area contributed by atoms with Crippen molar-refractivity contribution >= 4 is 24.2 Å². The van der Waals surface area contributed by atoms with E-state index in [1.807, 2.05) is 25.4 Å². The maximum absolute atomic E-state index is 4.43. The predicted octanol–water partition coefficient (Wildman–Crippen LogP) is 3.31. The number of benzene rings is 1. The van der Waals surface area contributed by atoms with Crippen LogP contribution in [0, 0.1) is 6.92 Å². The van der Waals surface area contributed by atoms with E-state index < -0.39 is 0 Å². The summed E-state index contributed by atoms with van der Waals surface area (Å²) in [4.78, 5) is 8.74. The normalized spacial score (nSPS) is 14.3. The third-order valence-corrected chi connectivity index (χ3v) is 2.50. The first-order valence-electron chi connectivity index (χ1n) is 5.10. The van der Waals surface area contributed by atoms with Crippen molar-refractivity contribution in [2.75, 3.05) is 0 Å². The van der Waals surface area contributed by atoms with Gasteiger partial charge in [-0.3, -0.25) is 9.98 Å². The molecule has 0 saturated carbocycles. The van der Waals surface area contributed by atoms with Crippen molar-refractivity contribution in [1.29, 1.82) is 0 Å². The van der Waals surface area contributed by atoms with Gasteiger partial charge in [-0.15, -0.1) is 0 Å². The molecule has 76 valence electrons. The molecule has 0 aromatic heterocycles. The van der Waals surface area contributed by atoms with Crippen LogP contribution in [0.1, 0.15) is 23.6 Å². The molecule has 1 heterocycles. The molecular formula is C13H14N2. The Morgan fingerprint density at radius 2 is 2.27 bits per heavy atom. The average molecular weight is 198 g/mol. The lowest BCUT2D eigenvalue weighted by Gasteiger charge is -2.09. The van der Waals surface area contributed by atoms with Gasteiger partial charge in [0.25, 0.3) is 0 Å². The lowest BCUT2D eigenvalue weighted by atomic mass is 10.0. The first-order chi connectivity index (χ1) is 7.33. The Labute approximate surface area is 90.1 Å². The molecule has 15 heavy (non-hydrogen) atoms. The van der Waals surface area contributed by atoms with Crippen LogP contribution in [-0.2, 0) is 6.54 Å². The Kier molecular flexibility index (Phi) is 2.77. The first kappa shape index (κ1) is 9.84. The predicted molar refractivity (Wildman–Crippen MR) is 66.2 cm³/mol. The van der Waals surface area contributed by atoms with Crippen LogP contribution < -0.4 is 0 Å². The van der Waals surface area contributed by atoms with Crippen LogP contribution in [0.25, 0.3) is 6.08 Å². The SMILES string of the molecule is CC=Nc1c(C)ccc2c1CN=CC=C2. The summed E-state index contributed by atoms with van der Waals surface area (Å²) in [5.74, 6) is 0. The summed E-state index contributed by atoms with van der Waals surface area (Å²) in [5.41, 5.74) is 4.72. The highest BCUT2D eigenvalue weighted by atomic mass is 14.8. The average Bonchev–Trinajstić information content (AvgIpc) is 2.47. The molecule has 0 amide bonds. The summed E-state index contributed by atoms with van der Waals surface area (Å²) < 4.78 is 0. The molecule has 2 nitrogen and oxygen atoms in total. The second kappa shape index (κ2) is 4.22. The molecule has 0 spiro atoms. The van der Waals surface area contributed by atoms with Crippen molar-refractivity contribution in [1.82, 2.24) is 0 Å². The van der Waals surface area contributed by atoms with E-state index in [1.54, 1.807) is 0 Å². The fraction of sp³-hybridized carbons (Fsp3) is 0.231. The van der Waals surface area contributed by atoms with Gasteiger partial charge in [-0.2, -0.15) is 0 Å². The number of rotatable bonds is 1. The van der Waals surface area contributed by atoms with Crippen LogP contribution in [0.3, 0.4) is 0 Å². The van der Waals surface area contributed by atoms with E-state index >= 15 is 0 Å². The Morgan fingerprint density at radius 3 is 3.07 bits per heavy atom. The fourth-order valence-electron chi connectivity index (χ4n) is 1.75. The highest BCUT2D eigenvalue weighted by molar-refractivity contribution is 5.82. The maximum Gasteiger partial charge on any atom is 0.0711 e. The quantitative estimate of drug-likeness (QED) is 0.618. The molecule has 0 atom stereocenters. The van der Waals surface area contributed by atoms with Crippen molar-refractivity contribution < 1.29 is 0 Å². The summed E-state index contributed by atoms with van der Waals surface area (Å²) in [7, 11) is 0. The topological polar surface area (TPSA) is 24.7 Å². The minimum absolute atomic E-state index is 0.719. The van der Waals surface area contributed by atoms with Gasteiger partial charge < -0.3 is 0 Å². The molecule has 0 fully saturated rings. The molecule has 1 aromatic rings. The molecule has 0 unspecified atom stereocenters. The Hall–Kier alpha value is -1.70. The number of aryl methyl sites for hydroxylation is 1. The van der Waals surface area contributed by atoms with Crippen molar-refractivity contribution in [3.05, 3.63) is 34.9 Å². The van der Waals surface area contributed by atoms with Crippen molar-refractivity contribution in [3.8, 4) is 0 Å². The van der Waals surface area contributed by atoms with E-state index in [2.05, 4.69) is 35.1 Å². The minimum Gasteiger partial charge on any atom is -0.288 e. The zero-order chi connectivity index (χ0) is 10.7. The van der Waals surface area contributed by atoms with Crippen molar-refractivity contribution in [2.45, 2.75) is 20.4 Å². The first-order valence-corrected chi connectivity index (χ1v) is 5.10. The molecule has 0 aliphatic carbocycles. The third-order valence-electron chi connectivity index (χ3n) is 2.50. The fourth-order valence-corrected chi connectivity index (χ4v) is 1.75. The van der Waals surface area contributed by atoms with Gasteiger partial charge in [-0.25, -0.2) is 0 Å². The van der Waals surface area contributed by atoms with Crippen LogP contribution in [-0.4, -0.2) is 12.4 Å². The summed E-state index contributed by atoms with van der Waals surface area (Å²) in [6, 6.07) is 4.24. The van der Waals surface area contributed by atoms with E-state index in [0.717, 1.165) is 12.2 Å². The molecule has 1 aliphatic heterocycles. The van der Waals surface area contributed by atoms with Gasteiger partial charge in [0.1, 0.15) is 0 Å². The molecule has 0 radical (unpaired) electrons. The standard InChI is InChI=1S/C13H14N2/c1-3-15-13-10(2)6-7-11-5-4-8-14-9-12(11)13/h3-8H,9H2,1-2H3. The largest absolute Gasteiger partial charge is 0.288 e. The van der Waals surface area contributed by atoms with E-state index in [0.29, 0.717) is 0 Å². The minimum atomic E-state index is 0.719. The highest BCUT2D eigenvalue weighted by Gasteiger charge is 2.08. The highest BCUT2D eigenvalue weighted by Crippen LogP contribution is 2.29. The smallest absolute Gasteiger partial charge is 0.0711 e. The van der Waals surface area contributed by atoms with Gasteiger partial charge in [0, 0.05) is 18.0 Å². The molecule has 2 rings (SSSR count). The number of allylic oxidation sites excluding steroid dienone is 1.